The SMILES string of the molecule is COc1ccc(S(=O)(=O)N(C)c2ccc(C)c(-n3ccc(C)n3)c2)cc1. The molecule has 0 saturated heterocycles. The number of nitrogens with zero attached hydrogens (tertiary/aromatic N) is 3. The van der Waals surface area contributed by atoms with Gasteiger partial charge in [-0.05, 0) is 61.9 Å². The van der Waals surface area contributed by atoms with E-state index in [2.05, 4.69) is 5.10 Å². The molecule has 0 fully saturated rings. The van der Waals surface area contributed by atoms with E-state index in [9.17, 15) is 8.42 Å². The van der Waals surface area contributed by atoms with Gasteiger partial charge in [0.25, 0.3) is 10.0 Å². The van der Waals surface area contributed by atoms with Crippen molar-refractivity contribution in [3.05, 3.63) is 66.0 Å². The summed E-state index contributed by atoms with van der Waals surface area (Å²) in [6.45, 7) is 3.88. The molecule has 6 nitrogen and oxygen atoms in total. The number of aryl methyl sites for hydroxylation is 2. The van der Waals surface area contributed by atoms with Crippen molar-refractivity contribution in [2.24, 2.45) is 0 Å². The van der Waals surface area contributed by atoms with E-state index >= 15 is 0 Å². The lowest BCUT2D eigenvalue weighted by Crippen LogP contribution is -2.26. The normalized spacial score (nSPS) is 11.4. The van der Waals surface area contributed by atoms with Gasteiger partial charge in [-0.15, -0.1) is 0 Å². The number of aromatic nitrogens is 2. The highest BCUT2D eigenvalue weighted by atomic mass is 32.2. The third-order valence-corrected chi connectivity index (χ3v) is 6.04. The minimum Gasteiger partial charge on any atom is -0.497 e. The lowest BCUT2D eigenvalue weighted by atomic mass is 10.2. The number of ether oxygens (including phenoxy) is 1. The van der Waals surface area contributed by atoms with Crippen LogP contribution in [0.1, 0.15) is 11.3 Å². The third kappa shape index (κ3) is 3.30. The van der Waals surface area contributed by atoms with Crippen LogP contribution in [0.3, 0.4) is 0 Å². The zero-order chi connectivity index (χ0) is 18.9. The van der Waals surface area contributed by atoms with Crippen molar-refractivity contribution in [1.29, 1.82) is 0 Å². The maximum atomic E-state index is 12.9. The first-order chi connectivity index (χ1) is 12.3. The molecule has 1 aromatic heterocycles. The fourth-order valence-electron chi connectivity index (χ4n) is 2.63. The Hall–Kier alpha value is -2.80. The Labute approximate surface area is 153 Å². The first-order valence-electron chi connectivity index (χ1n) is 8.09. The van der Waals surface area contributed by atoms with E-state index in [1.807, 2.05) is 38.2 Å². The summed E-state index contributed by atoms with van der Waals surface area (Å²) in [4.78, 5) is 0.206. The van der Waals surface area contributed by atoms with Crippen molar-refractivity contribution >= 4 is 15.7 Å². The minimum atomic E-state index is -3.68. The van der Waals surface area contributed by atoms with E-state index in [4.69, 9.17) is 4.74 Å². The summed E-state index contributed by atoms with van der Waals surface area (Å²) in [5, 5.41) is 4.42. The second kappa shape index (κ2) is 6.84. The summed E-state index contributed by atoms with van der Waals surface area (Å²) in [6.07, 6.45) is 1.86. The van der Waals surface area contributed by atoms with Crippen LogP contribution in [-0.4, -0.2) is 32.4 Å². The maximum absolute atomic E-state index is 12.9. The van der Waals surface area contributed by atoms with Crippen molar-refractivity contribution in [3.8, 4) is 11.4 Å². The minimum absolute atomic E-state index is 0.206. The van der Waals surface area contributed by atoms with Crippen LogP contribution in [0.25, 0.3) is 5.69 Å². The molecule has 136 valence electrons. The molecule has 0 saturated carbocycles. The van der Waals surface area contributed by atoms with E-state index in [0.717, 1.165) is 16.9 Å². The van der Waals surface area contributed by atoms with E-state index in [0.29, 0.717) is 11.4 Å². The predicted octanol–water partition coefficient (Wildman–Crippen LogP) is 3.32. The molecule has 0 aliphatic rings. The van der Waals surface area contributed by atoms with Gasteiger partial charge in [0.15, 0.2) is 0 Å². The molecule has 2 aromatic carbocycles. The third-order valence-electron chi connectivity index (χ3n) is 4.24. The van der Waals surface area contributed by atoms with Gasteiger partial charge in [0, 0.05) is 13.2 Å². The Kier molecular flexibility index (Phi) is 4.73. The molecule has 26 heavy (non-hydrogen) atoms. The molecule has 0 radical (unpaired) electrons. The summed E-state index contributed by atoms with van der Waals surface area (Å²) < 4.78 is 34.0. The fourth-order valence-corrected chi connectivity index (χ4v) is 3.82. The molecule has 0 unspecified atom stereocenters. The topological polar surface area (TPSA) is 64.4 Å². The van der Waals surface area contributed by atoms with Crippen LogP contribution in [-0.2, 0) is 10.0 Å². The first kappa shape index (κ1) is 18.0. The molecule has 3 rings (SSSR count). The average molecular weight is 371 g/mol. The van der Waals surface area contributed by atoms with Crippen LogP contribution in [0.5, 0.6) is 5.75 Å². The number of hydrogen-bond donors (Lipinski definition) is 0. The van der Waals surface area contributed by atoms with Gasteiger partial charge in [-0.25, -0.2) is 13.1 Å². The fraction of sp³-hybridized carbons (Fsp3) is 0.211. The summed E-state index contributed by atoms with van der Waals surface area (Å²) in [7, 11) is -0.589. The highest BCUT2D eigenvalue weighted by Gasteiger charge is 2.22. The highest BCUT2D eigenvalue weighted by Crippen LogP contribution is 2.27. The second-order valence-electron chi connectivity index (χ2n) is 6.02. The van der Waals surface area contributed by atoms with Gasteiger partial charge in [0.05, 0.1) is 29.1 Å². The summed E-state index contributed by atoms with van der Waals surface area (Å²) in [5.74, 6) is 0.610. The number of anilines is 1. The van der Waals surface area contributed by atoms with Crippen molar-refractivity contribution in [2.75, 3.05) is 18.5 Å². The van der Waals surface area contributed by atoms with E-state index < -0.39 is 10.0 Å². The number of hydrogen-bond acceptors (Lipinski definition) is 4. The van der Waals surface area contributed by atoms with Gasteiger partial charge >= 0.3 is 0 Å². The lowest BCUT2D eigenvalue weighted by Gasteiger charge is -2.21. The maximum Gasteiger partial charge on any atom is 0.264 e. The number of sulfonamides is 1. The van der Waals surface area contributed by atoms with Crippen LogP contribution < -0.4 is 9.04 Å². The van der Waals surface area contributed by atoms with Gasteiger partial charge in [-0.1, -0.05) is 6.07 Å². The van der Waals surface area contributed by atoms with Crippen LogP contribution >= 0.6 is 0 Å². The quantitative estimate of drug-likeness (QED) is 0.690. The Balaban J connectivity index is 1.99. The second-order valence-corrected chi connectivity index (χ2v) is 7.99. The van der Waals surface area contributed by atoms with Gasteiger partial charge in [0.2, 0.25) is 0 Å². The molecule has 0 amide bonds. The molecule has 0 N–H and O–H groups in total. The largest absolute Gasteiger partial charge is 0.497 e. The molecule has 1 heterocycles. The summed E-state index contributed by atoms with van der Waals surface area (Å²) >= 11 is 0. The highest BCUT2D eigenvalue weighted by molar-refractivity contribution is 7.92. The zero-order valence-corrected chi connectivity index (χ0v) is 16.0. The van der Waals surface area contributed by atoms with Crippen molar-refractivity contribution in [2.45, 2.75) is 18.7 Å². The van der Waals surface area contributed by atoms with Crippen LogP contribution in [0.4, 0.5) is 5.69 Å². The van der Waals surface area contributed by atoms with Gasteiger partial charge in [-0.3, -0.25) is 4.31 Å². The Bertz CT molecular complexity index is 1020. The molecule has 0 aliphatic carbocycles. The molecule has 0 atom stereocenters. The number of benzene rings is 2. The van der Waals surface area contributed by atoms with E-state index in [1.165, 1.54) is 16.4 Å². The number of methoxy groups -OCH3 is 1. The molecular formula is C19H21N3O3S. The summed E-state index contributed by atoms with van der Waals surface area (Å²) in [5.41, 5.74) is 3.31. The lowest BCUT2D eigenvalue weighted by molar-refractivity contribution is 0.414. The predicted molar refractivity (Wildman–Crippen MR) is 102 cm³/mol. The van der Waals surface area contributed by atoms with Gasteiger partial charge in [0.1, 0.15) is 5.75 Å². The van der Waals surface area contributed by atoms with Crippen molar-refractivity contribution in [3.63, 3.8) is 0 Å². The van der Waals surface area contributed by atoms with Crippen LogP contribution in [0.2, 0.25) is 0 Å². The van der Waals surface area contributed by atoms with Gasteiger partial charge < -0.3 is 4.74 Å². The average Bonchev–Trinajstić information content (AvgIpc) is 3.07. The smallest absolute Gasteiger partial charge is 0.264 e. The van der Waals surface area contributed by atoms with Crippen molar-refractivity contribution in [1.82, 2.24) is 9.78 Å². The monoisotopic (exact) mass is 371 g/mol. The standard InChI is InChI=1S/C19H21N3O3S/c1-14-5-6-16(13-19(14)22-12-11-15(2)20-22)21(3)26(23,24)18-9-7-17(25-4)8-10-18/h5-13H,1-4H3. The van der Waals surface area contributed by atoms with E-state index in [-0.39, 0.29) is 4.90 Å². The van der Waals surface area contributed by atoms with Crippen LogP contribution in [0.15, 0.2) is 59.6 Å². The Morgan fingerprint density at radius 2 is 1.73 bits per heavy atom. The zero-order valence-electron chi connectivity index (χ0n) is 15.2. The Morgan fingerprint density at radius 3 is 2.31 bits per heavy atom. The number of rotatable bonds is 5. The molecule has 3 aromatic rings. The summed E-state index contributed by atoms with van der Waals surface area (Å²) in [6, 6.07) is 13.7. The van der Waals surface area contributed by atoms with Crippen LogP contribution in [0, 0.1) is 13.8 Å². The molecule has 7 heteroatoms. The molecule has 0 bridgehead atoms. The van der Waals surface area contributed by atoms with Crippen molar-refractivity contribution < 1.29 is 13.2 Å². The molecule has 0 spiro atoms. The first-order valence-corrected chi connectivity index (χ1v) is 9.53. The molecule has 0 aliphatic heterocycles. The Morgan fingerprint density at radius 1 is 1.04 bits per heavy atom. The van der Waals surface area contributed by atoms with Gasteiger partial charge in [-0.2, -0.15) is 5.10 Å². The van der Waals surface area contributed by atoms with E-state index in [1.54, 1.807) is 37.0 Å². The molecular weight excluding hydrogens is 350 g/mol.